The molecule has 3 aliphatic rings. The van der Waals surface area contributed by atoms with Gasteiger partial charge < -0.3 is 19.9 Å². The topological polar surface area (TPSA) is 83.9 Å². The van der Waals surface area contributed by atoms with Crippen molar-refractivity contribution in [3.63, 3.8) is 0 Å². The molecule has 8 heteroatoms. The first kappa shape index (κ1) is 23.0. The number of benzene rings is 1. The number of rotatable bonds is 4. The Morgan fingerprint density at radius 1 is 1.18 bits per heavy atom. The van der Waals surface area contributed by atoms with Crippen LogP contribution in [0.2, 0.25) is 5.02 Å². The number of nitrogens with zero attached hydrogens (tertiary/aromatic N) is 2. The Labute approximate surface area is 199 Å². The van der Waals surface area contributed by atoms with Crippen LogP contribution in [0.5, 0.6) is 0 Å². The fourth-order valence-electron chi connectivity index (χ4n) is 5.40. The van der Waals surface area contributed by atoms with Crippen LogP contribution in [0.15, 0.2) is 24.4 Å². The van der Waals surface area contributed by atoms with E-state index in [1.165, 1.54) is 0 Å². The summed E-state index contributed by atoms with van der Waals surface area (Å²) in [6.07, 6.45) is 5.03. The third-order valence-electron chi connectivity index (χ3n) is 7.66. The van der Waals surface area contributed by atoms with Gasteiger partial charge in [0.15, 0.2) is 0 Å². The van der Waals surface area contributed by atoms with Crippen molar-refractivity contribution in [1.82, 2.24) is 9.88 Å². The molecular weight excluding hydrogens is 442 g/mol. The van der Waals surface area contributed by atoms with Crippen molar-refractivity contribution in [2.24, 2.45) is 5.92 Å². The molecule has 2 aromatic rings. The highest BCUT2D eigenvalue weighted by atomic mass is 35.5. The predicted molar refractivity (Wildman–Crippen MR) is 128 cm³/mol. The molecule has 0 bridgehead atoms. The second-order valence-electron chi connectivity index (χ2n) is 9.84. The molecular formula is C25H32ClN3O4. The lowest BCUT2D eigenvalue weighted by Crippen LogP contribution is -2.56. The second-order valence-corrected chi connectivity index (χ2v) is 10.3. The number of aliphatic hydroxyl groups excluding tert-OH is 1. The van der Waals surface area contributed by atoms with Gasteiger partial charge in [0.1, 0.15) is 5.82 Å². The van der Waals surface area contributed by atoms with Gasteiger partial charge in [0, 0.05) is 23.2 Å². The number of carbonyl (C=O) groups is 1. The lowest BCUT2D eigenvalue weighted by Gasteiger charge is -2.43. The largest absolute Gasteiger partial charge is 0.389 e. The third kappa shape index (κ3) is 4.62. The van der Waals surface area contributed by atoms with Gasteiger partial charge in [-0.05, 0) is 80.8 Å². The summed E-state index contributed by atoms with van der Waals surface area (Å²) < 4.78 is 11.0. The number of aliphatic hydroxyl groups is 1. The van der Waals surface area contributed by atoms with E-state index in [9.17, 15) is 9.90 Å². The van der Waals surface area contributed by atoms with Gasteiger partial charge in [-0.15, -0.1) is 0 Å². The molecule has 0 aliphatic carbocycles. The Morgan fingerprint density at radius 2 is 2.00 bits per heavy atom. The van der Waals surface area contributed by atoms with E-state index in [4.69, 9.17) is 21.1 Å². The number of piperidine rings is 1. The summed E-state index contributed by atoms with van der Waals surface area (Å²) in [4.78, 5) is 19.4. The number of pyridine rings is 1. The quantitative estimate of drug-likeness (QED) is 0.706. The van der Waals surface area contributed by atoms with Crippen LogP contribution in [0.3, 0.4) is 0 Å². The smallest absolute Gasteiger partial charge is 0.230 e. The summed E-state index contributed by atoms with van der Waals surface area (Å²) in [5.41, 5.74) is 0.835. The van der Waals surface area contributed by atoms with Crippen LogP contribution in [0.25, 0.3) is 10.8 Å². The van der Waals surface area contributed by atoms with Crippen LogP contribution in [0.4, 0.5) is 5.82 Å². The lowest BCUT2D eigenvalue weighted by atomic mass is 9.85. The van der Waals surface area contributed by atoms with Gasteiger partial charge in [-0.1, -0.05) is 11.6 Å². The van der Waals surface area contributed by atoms with Crippen LogP contribution >= 0.6 is 11.6 Å². The number of carbonyl (C=O) groups excluding carboxylic acids is 1. The lowest BCUT2D eigenvalue weighted by molar-refractivity contribution is -0.123. The zero-order valence-electron chi connectivity index (χ0n) is 19.1. The van der Waals surface area contributed by atoms with Gasteiger partial charge in [-0.2, -0.15) is 0 Å². The molecule has 3 atom stereocenters. The van der Waals surface area contributed by atoms with Gasteiger partial charge in [0.05, 0.1) is 37.4 Å². The molecule has 178 valence electrons. The maximum Gasteiger partial charge on any atom is 0.230 e. The molecule has 2 N–H and O–H groups in total. The molecule has 0 unspecified atom stereocenters. The van der Waals surface area contributed by atoms with E-state index in [0.29, 0.717) is 31.6 Å². The Morgan fingerprint density at radius 3 is 2.70 bits per heavy atom. The minimum Gasteiger partial charge on any atom is -0.389 e. The minimum atomic E-state index is -0.445. The fourth-order valence-corrected chi connectivity index (χ4v) is 5.72. The van der Waals surface area contributed by atoms with Gasteiger partial charge in [0.25, 0.3) is 0 Å². The summed E-state index contributed by atoms with van der Waals surface area (Å²) in [5.74, 6) is 0.763. The molecule has 7 nitrogen and oxygen atoms in total. The van der Waals surface area contributed by atoms with Crippen LogP contribution < -0.4 is 5.32 Å². The van der Waals surface area contributed by atoms with Crippen molar-refractivity contribution in [1.29, 1.82) is 0 Å². The number of amides is 1. The molecule has 3 fully saturated rings. The van der Waals surface area contributed by atoms with E-state index in [2.05, 4.69) is 28.2 Å². The number of fused-ring (bicyclic) bond motifs is 1. The number of hydrogen-bond donors (Lipinski definition) is 2. The SMILES string of the molecule is C[C@@]1(N2CCC(c3cc4cc(NC(=O)[C@@H]5CCCOC5)ncc4cc3Cl)CC2)COC[C@@H]1O. The second kappa shape index (κ2) is 9.47. The maximum absolute atomic E-state index is 12.6. The third-order valence-corrected chi connectivity index (χ3v) is 7.99. The van der Waals surface area contributed by atoms with E-state index >= 15 is 0 Å². The van der Waals surface area contributed by atoms with Gasteiger partial charge in [-0.25, -0.2) is 4.98 Å². The fraction of sp³-hybridized carbons (Fsp3) is 0.600. The first-order valence-corrected chi connectivity index (χ1v) is 12.3. The highest BCUT2D eigenvalue weighted by molar-refractivity contribution is 6.32. The van der Waals surface area contributed by atoms with Crippen molar-refractivity contribution >= 4 is 34.1 Å². The van der Waals surface area contributed by atoms with Gasteiger partial charge in [-0.3, -0.25) is 9.69 Å². The highest BCUT2D eigenvalue weighted by Gasteiger charge is 2.45. The van der Waals surface area contributed by atoms with Crippen molar-refractivity contribution in [2.45, 2.75) is 50.2 Å². The van der Waals surface area contributed by atoms with E-state index in [1.807, 2.05) is 12.1 Å². The summed E-state index contributed by atoms with van der Waals surface area (Å²) in [6, 6.07) is 6.05. The zero-order chi connectivity index (χ0) is 23.0. The van der Waals surface area contributed by atoms with E-state index in [-0.39, 0.29) is 17.4 Å². The standard InChI is InChI=1S/C25H32ClN3O4/c1-25(15-33-14-22(25)30)29-6-4-16(5-7-29)20-9-18-11-23(27-12-19(18)10-21(20)26)28-24(31)17-3-2-8-32-13-17/h9-12,16-17,22,30H,2-8,13-15H2,1H3,(H,27,28,31)/t17-,22+,25-/m1/s1. The van der Waals surface area contributed by atoms with Crippen LogP contribution in [0.1, 0.15) is 44.1 Å². The Bertz CT molecular complexity index is 1020. The number of hydrogen-bond acceptors (Lipinski definition) is 6. The average molecular weight is 474 g/mol. The molecule has 33 heavy (non-hydrogen) atoms. The molecule has 0 saturated carbocycles. The molecule has 1 aromatic heterocycles. The predicted octanol–water partition coefficient (Wildman–Crippen LogP) is 3.58. The molecule has 3 saturated heterocycles. The molecule has 1 amide bonds. The van der Waals surface area contributed by atoms with Gasteiger partial charge >= 0.3 is 0 Å². The van der Waals surface area contributed by atoms with Crippen LogP contribution in [-0.4, -0.2) is 72.1 Å². The van der Waals surface area contributed by atoms with Crippen molar-refractivity contribution < 1.29 is 19.4 Å². The maximum atomic E-state index is 12.6. The summed E-state index contributed by atoms with van der Waals surface area (Å²) in [6.45, 7) is 6.08. The molecule has 0 spiro atoms. The number of halogens is 1. The molecule has 4 heterocycles. The number of nitrogens with one attached hydrogen (secondary N) is 1. The first-order chi connectivity index (χ1) is 15.9. The van der Waals surface area contributed by atoms with Crippen molar-refractivity contribution in [3.05, 3.63) is 35.0 Å². The molecule has 3 aliphatic heterocycles. The number of aromatic nitrogens is 1. The average Bonchev–Trinajstić information content (AvgIpc) is 3.18. The van der Waals surface area contributed by atoms with Crippen molar-refractivity contribution in [3.8, 4) is 0 Å². The van der Waals surface area contributed by atoms with Crippen LogP contribution in [-0.2, 0) is 14.3 Å². The molecule has 0 radical (unpaired) electrons. The minimum absolute atomic E-state index is 0.0327. The van der Waals surface area contributed by atoms with Crippen molar-refractivity contribution in [2.75, 3.05) is 44.8 Å². The van der Waals surface area contributed by atoms with E-state index in [0.717, 1.165) is 66.7 Å². The highest BCUT2D eigenvalue weighted by Crippen LogP contribution is 2.38. The normalized spacial score (nSPS) is 29.4. The number of ether oxygens (including phenoxy) is 2. The monoisotopic (exact) mass is 473 g/mol. The summed E-state index contributed by atoms with van der Waals surface area (Å²) in [7, 11) is 0. The Balaban J connectivity index is 1.30. The number of anilines is 1. The zero-order valence-corrected chi connectivity index (χ0v) is 19.8. The Hall–Kier alpha value is -1.77. The molecule has 1 aromatic carbocycles. The summed E-state index contributed by atoms with van der Waals surface area (Å²) >= 11 is 6.69. The summed E-state index contributed by atoms with van der Waals surface area (Å²) in [5, 5.41) is 16.1. The molecule has 5 rings (SSSR count). The van der Waals surface area contributed by atoms with Gasteiger partial charge in [0.2, 0.25) is 5.91 Å². The van der Waals surface area contributed by atoms with Crippen LogP contribution in [0, 0.1) is 5.92 Å². The van der Waals surface area contributed by atoms with E-state index < -0.39 is 6.10 Å². The van der Waals surface area contributed by atoms with E-state index in [1.54, 1.807) is 6.20 Å². The Kier molecular flexibility index (Phi) is 6.60. The number of likely N-dealkylation sites (tertiary alicyclic amines) is 1. The first-order valence-electron chi connectivity index (χ1n) is 11.9.